The molecule has 0 saturated heterocycles. The Morgan fingerprint density at radius 3 is 2.00 bits per heavy atom. The topological polar surface area (TPSA) is 0 Å². The van der Waals surface area contributed by atoms with Crippen molar-refractivity contribution >= 4 is 23.7 Å². The van der Waals surface area contributed by atoms with Crippen molar-refractivity contribution in [1.29, 1.82) is 0 Å². The molecule has 0 fully saturated rings. The molecule has 0 aromatic heterocycles. The predicted octanol–water partition coefficient (Wildman–Crippen LogP) is 4.48. The zero-order valence-corrected chi connectivity index (χ0v) is 10.3. The Bertz CT molecular complexity index is 485. The maximum absolute atomic E-state index is 5.09. The standard InChI is InChI=1S/C16H14S/c17-13-16(15-9-5-2-6-10-15)12-11-14-7-3-1-4-8-14/h1-13,16H/b12-11-. The molecule has 0 spiro atoms. The van der Waals surface area contributed by atoms with Gasteiger partial charge in [0.15, 0.2) is 0 Å². The van der Waals surface area contributed by atoms with Crippen molar-refractivity contribution in [3.05, 3.63) is 77.9 Å². The lowest BCUT2D eigenvalue weighted by atomic mass is 10.00. The summed E-state index contributed by atoms with van der Waals surface area (Å²) in [5.41, 5.74) is 2.43. The quantitative estimate of drug-likeness (QED) is 0.707. The fourth-order valence-electron chi connectivity index (χ4n) is 1.69. The third-order valence-corrected chi connectivity index (χ3v) is 2.92. The molecule has 0 heterocycles. The summed E-state index contributed by atoms with van der Waals surface area (Å²) >= 11 is 5.09. The molecule has 0 nitrogen and oxygen atoms in total. The molecular formula is C16H14S. The normalized spacial score (nSPS) is 12.5. The van der Waals surface area contributed by atoms with Crippen LogP contribution >= 0.6 is 12.2 Å². The van der Waals surface area contributed by atoms with E-state index in [2.05, 4.69) is 36.4 Å². The SMILES string of the molecule is S=CC(/C=C\c1ccccc1)c1ccccc1. The van der Waals surface area contributed by atoms with Crippen LogP contribution < -0.4 is 0 Å². The summed E-state index contributed by atoms with van der Waals surface area (Å²) in [6.45, 7) is 0. The van der Waals surface area contributed by atoms with Gasteiger partial charge in [-0.15, -0.1) is 0 Å². The first-order chi connectivity index (χ1) is 8.40. The van der Waals surface area contributed by atoms with Gasteiger partial charge in [0.1, 0.15) is 0 Å². The summed E-state index contributed by atoms with van der Waals surface area (Å²) in [5, 5.41) is 1.80. The van der Waals surface area contributed by atoms with Gasteiger partial charge in [-0.2, -0.15) is 0 Å². The smallest absolute Gasteiger partial charge is 0.0306 e. The number of benzene rings is 2. The van der Waals surface area contributed by atoms with E-state index < -0.39 is 0 Å². The van der Waals surface area contributed by atoms with Crippen LogP contribution in [0.5, 0.6) is 0 Å². The molecule has 0 bridgehead atoms. The van der Waals surface area contributed by atoms with E-state index >= 15 is 0 Å². The van der Waals surface area contributed by atoms with Gasteiger partial charge in [-0.1, -0.05) is 85.0 Å². The van der Waals surface area contributed by atoms with Gasteiger partial charge in [0.2, 0.25) is 0 Å². The largest absolute Gasteiger partial charge is 0.0925 e. The van der Waals surface area contributed by atoms with Crippen molar-refractivity contribution in [2.45, 2.75) is 5.92 Å². The van der Waals surface area contributed by atoms with E-state index in [9.17, 15) is 0 Å². The first kappa shape index (κ1) is 11.7. The van der Waals surface area contributed by atoms with Gasteiger partial charge in [-0.25, -0.2) is 0 Å². The van der Waals surface area contributed by atoms with E-state index in [1.165, 1.54) is 11.1 Å². The molecular weight excluding hydrogens is 224 g/mol. The summed E-state index contributed by atoms with van der Waals surface area (Å²) in [5.74, 6) is 0.200. The van der Waals surface area contributed by atoms with Crippen molar-refractivity contribution in [2.24, 2.45) is 0 Å². The highest BCUT2D eigenvalue weighted by atomic mass is 32.1. The second-order valence-electron chi connectivity index (χ2n) is 3.84. The Morgan fingerprint density at radius 1 is 0.824 bits per heavy atom. The Morgan fingerprint density at radius 2 is 1.41 bits per heavy atom. The van der Waals surface area contributed by atoms with Crippen molar-refractivity contribution in [2.75, 3.05) is 0 Å². The summed E-state index contributed by atoms with van der Waals surface area (Å²) in [6, 6.07) is 20.6. The van der Waals surface area contributed by atoms with Gasteiger partial charge in [0.25, 0.3) is 0 Å². The molecule has 84 valence electrons. The van der Waals surface area contributed by atoms with Crippen LogP contribution in [0.4, 0.5) is 0 Å². The maximum Gasteiger partial charge on any atom is 0.0306 e. The fourth-order valence-corrected chi connectivity index (χ4v) is 1.94. The number of rotatable bonds is 4. The maximum atomic E-state index is 5.09. The first-order valence-corrected chi connectivity index (χ1v) is 6.11. The number of allylic oxidation sites excluding steroid dienone is 1. The van der Waals surface area contributed by atoms with E-state index in [4.69, 9.17) is 12.2 Å². The molecule has 1 unspecified atom stereocenters. The Kier molecular flexibility index (Phi) is 4.23. The minimum atomic E-state index is 0.200. The minimum Gasteiger partial charge on any atom is -0.0925 e. The highest BCUT2D eigenvalue weighted by Crippen LogP contribution is 2.16. The van der Waals surface area contributed by atoms with Crippen LogP contribution in [-0.2, 0) is 0 Å². The number of hydrogen-bond acceptors (Lipinski definition) is 1. The van der Waals surface area contributed by atoms with Crippen LogP contribution in [0.25, 0.3) is 6.08 Å². The summed E-state index contributed by atoms with van der Waals surface area (Å²) in [4.78, 5) is 0. The zero-order chi connectivity index (χ0) is 11.9. The summed E-state index contributed by atoms with van der Waals surface area (Å²) in [6.07, 6.45) is 4.25. The van der Waals surface area contributed by atoms with Gasteiger partial charge in [0.05, 0.1) is 0 Å². The molecule has 0 aliphatic heterocycles. The molecule has 0 radical (unpaired) electrons. The van der Waals surface area contributed by atoms with Crippen molar-refractivity contribution in [1.82, 2.24) is 0 Å². The average Bonchev–Trinajstić information content (AvgIpc) is 2.42. The number of hydrogen-bond donors (Lipinski definition) is 0. The van der Waals surface area contributed by atoms with Crippen LogP contribution in [0, 0.1) is 0 Å². The highest BCUT2D eigenvalue weighted by molar-refractivity contribution is 7.79. The molecule has 0 aliphatic carbocycles. The second-order valence-corrected chi connectivity index (χ2v) is 4.11. The lowest BCUT2D eigenvalue weighted by Gasteiger charge is -2.06. The van der Waals surface area contributed by atoms with Crippen LogP contribution in [0.2, 0.25) is 0 Å². The molecule has 1 atom stereocenters. The molecule has 1 heteroatoms. The Balaban J connectivity index is 2.16. The van der Waals surface area contributed by atoms with Crippen LogP contribution in [-0.4, -0.2) is 5.37 Å². The molecule has 17 heavy (non-hydrogen) atoms. The molecule has 2 aromatic rings. The monoisotopic (exact) mass is 238 g/mol. The van der Waals surface area contributed by atoms with E-state index in [-0.39, 0.29) is 5.92 Å². The number of thiocarbonyl (C=S) groups is 1. The predicted molar refractivity (Wildman–Crippen MR) is 78.3 cm³/mol. The zero-order valence-electron chi connectivity index (χ0n) is 9.49. The third kappa shape index (κ3) is 3.36. The van der Waals surface area contributed by atoms with Crippen molar-refractivity contribution < 1.29 is 0 Å². The fraction of sp³-hybridized carbons (Fsp3) is 0.0625. The highest BCUT2D eigenvalue weighted by Gasteiger charge is 2.02. The van der Waals surface area contributed by atoms with E-state index in [1.807, 2.05) is 36.4 Å². The van der Waals surface area contributed by atoms with Gasteiger partial charge < -0.3 is 0 Å². The molecule has 0 amide bonds. The minimum absolute atomic E-state index is 0.200. The third-order valence-electron chi connectivity index (χ3n) is 2.63. The van der Waals surface area contributed by atoms with Crippen LogP contribution in [0.15, 0.2) is 66.7 Å². The van der Waals surface area contributed by atoms with Gasteiger partial charge in [0, 0.05) is 5.92 Å². The lowest BCUT2D eigenvalue weighted by Crippen LogP contribution is -1.93. The Labute approximate surface area is 108 Å². The van der Waals surface area contributed by atoms with Crippen molar-refractivity contribution in [3.63, 3.8) is 0 Å². The van der Waals surface area contributed by atoms with Crippen molar-refractivity contribution in [3.8, 4) is 0 Å². The second kappa shape index (κ2) is 6.12. The molecule has 0 N–H and O–H groups in total. The molecule has 0 aliphatic rings. The first-order valence-electron chi connectivity index (χ1n) is 5.63. The van der Waals surface area contributed by atoms with E-state index in [1.54, 1.807) is 5.37 Å². The average molecular weight is 238 g/mol. The summed E-state index contributed by atoms with van der Waals surface area (Å²) in [7, 11) is 0. The Hall–Kier alpha value is -1.73. The summed E-state index contributed by atoms with van der Waals surface area (Å²) < 4.78 is 0. The molecule has 2 rings (SSSR count). The van der Waals surface area contributed by atoms with E-state index in [0.717, 1.165) is 0 Å². The molecule has 0 saturated carbocycles. The van der Waals surface area contributed by atoms with Gasteiger partial charge >= 0.3 is 0 Å². The van der Waals surface area contributed by atoms with Gasteiger partial charge in [-0.3, -0.25) is 0 Å². The molecule has 2 aromatic carbocycles. The van der Waals surface area contributed by atoms with E-state index in [0.29, 0.717) is 0 Å². The van der Waals surface area contributed by atoms with Crippen LogP contribution in [0.1, 0.15) is 17.0 Å². The lowest BCUT2D eigenvalue weighted by molar-refractivity contribution is 1.19. The van der Waals surface area contributed by atoms with Gasteiger partial charge in [-0.05, 0) is 16.5 Å². The van der Waals surface area contributed by atoms with Crippen LogP contribution in [0.3, 0.4) is 0 Å².